The second kappa shape index (κ2) is 12.2. The molecule has 3 saturated heterocycles. The van der Waals surface area contributed by atoms with Gasteiger partial charge in [-0.25, -0.2) is 4.79 Å². The first-order valence-corrected chi connectivity index (χ1v) is 11.5. The van der Waals surface area contributed by atoms with Crippen LogP contribution in [0.2, 0.25) is 0 Å². The van der Waals surface area contributed by atoms with Gasteiger partial charge in [-0.3, -0.25) is 25.5 Å². The van der Waals surface area contributed by atoms with Gasteiger partial charge in [0.1, 0.15) is 30.8 Å². The maximum absolute atomic E-state index is 12.7. The number of β-amino-alcohol motifs (C(OH)–C–C–N with tert-alkyl or cyclic N) is 1. The number of hydrogen-bond acceptors (Lipinski definition) is 13. The lowest BCUT2D eigenvalue weighted by molar-refractivity contribution is -0.204. The van der Waals surface area contributed by atoms with Crippen LogP contribution in [0.15, 0.2) is 0 Å². The molecule has 1 unspecified atom stereocenters. The largest absolute Gasteiger partial charge is 0.441 e. The summed E-state index contributed by atoms with van der Waals surface area (Å²) in [5, 5.41) is 45.1. The topological polar surface area (TPSA) is 269 Å². The molecule has 200 valence electrons. The Morgan fingerprint density at radius 3 is 2.66 bits per heavy atom. The molecule has 3 aliphatic heterocycles. The van der Waals surface area contributed by atoms with Gasteiger partial charge in [-0.05, 0) is 19.4 Å². The molecule has 3 heterocycles. The van der Waals surface area contributed by atoms with Crippen LogP contribution in [0, 0.1) is 0 Å². The zero-order chi connectivity index (χ0) is 25.7. The summed E-state index contributed by atoms with van der Waals surface area (Å²) in [5.74, 6) is -0.800. The van der Waals surface area contributed by atoms with Gasteiger partial charge >= 0.3 is 6.09 Å². The van der Waals surface area contributed by atoms with E-state index in [2.05, 4.69) is 26.6 Å². The molecule has 0 bridgehead atoms. The third kappa shape index (κ3) is 6.75. The zero-order valence-electron chi connectivity index (χ0n) is 19.1. The molecule has 16 nitrogen and oxygen atoms in total. The number of fused-ring (bicyclic) bond motifs is 1. The average Bonchev–Trinajstić information content (AvgIpc) is 3.24. The third-order valence-corrected chi connectivity index (χ3v) is 6.28. The number of nitrogens with two attached hydrogens (primary N) is 3. The standard InChI is InChI=1S/C19H36N8O8/c20-3-1-2-7(21)4-10(30)24-13-14(31)15(35-18(22)33)9(6-28)34-17(13)27-19-25-11-8(29)5-23-16(32)12(11)26-19/h7-9,11-15,17,19,25-29,31H,1-6,20-21H2,(H2,22,33)(H,23,32)(H,24,30)/t7-,8+,9+,11+,12-,13+,14-,15-,17+,19?/m0/s1. The Labute approximate surface area is 201 Å². The van der Waals surface area contributed by atoms with Gasteiger partial charge in [0.2, 0.25) is 11.8 Å². The molecule has 0 spiro atoms. The summed E-state index contributed by atoms with van der Waals surface area (Å²) < 4.78 is 10.8. The van der Waals surface area contributed by atoms with Crippen molar-refractivity contribution >= 4 is 17.9 Å². The van der Waals surface area contributed by atoms with E-state index in [0.29, 0.717) is 19.4 Å². The molecule has 0 aromatic carbocycles. The van der Waals surface area contributed by atoms with Crippen LogP contribution in [0.4, 0.5) is 4.79 Å². The van der Waals surface area contributed by atoms with E-state index < -0.39 is 79.7 Å². The van der Waals surface area contributed by atoms with E-state index >= 15 is 0 Å². The summed E-state index contributed by atoms with van der Waals surface area (Å²) in [6, 6.07) is -2.96. The molecule has 14 N–H and O–H groups in total. The number of carbonyl (C=O) groups excluding carboxylic acids is 3. The minimum Gasteiger partial charge on any atom is -0.441 e. The lowest BCUT2D eigenvalue weighted by Gasteiger charge is -2.44. The van der Waals surface area contributed by atoms with Crippen LogP contribution in [-0.4, -0.2) is 114 Å². The number of carbonyl (C=O) groups is 3. The fraction of sp³-hybridized carbons (Fsp3) is 0.842. The fourth-order valence-corrected chi connectivity index (χ4v) is 4.54. The molecule has 3 aliphatic rings. The molecule has 3 fully saturated rings. The van der Waals surface area contributed by atoms with Crippen molar-refractivity contribution in [3.8, 4) is 0 Å². The van der Waals surface area contributed by atoms with E-state index in [-0.39, 0.29) is 18.9 Å². The van der Waals surface area contributed by atoms with E-state index in [1.54, 1.807) is 0 Å². The number of primary amides is 1. The number of ether oxygens (including phenoxy) is 2. The Hall–Kier alpha value is -2.15. The molecule has 35 heavy (non-hydrogen) atoms. The van der Waals surface area contributed by atoms with E-state index in [4.69, 9.17) is 26.7 Å². The first-order chi connectivity index (χ1) is 16.6. The van der Waals surface area contributed by atoms with E-state index in [1.165, 1.54) is 0 Å². The normalized spacial score (nSPS) is 37.7. The number of piperidine rings is 1. The highest BCUT2D eigenvalue weighted by atomic mass is 16.6. The second-order valence-electron chi connectivity index (χ2n) is 8.91. The van der Waals surface area contributed by atoms with Crippen LogP contribution in [0.1, 0.15) is 19.3 Å². The first-order valence-electron chi connectivity index (χ1n) is 11.5. The summed E-state index contributed by atoms with van der Waals surface area (Å²) in [6.07, 6.45) is -6.90. The number of aliphatic hydroxyl groups is 3. The highest BCUT2D eigenvalue weighted by Gasteiger charge is 2.50. The van der Waals surface area contributed by atoms with E-state index in [0.717, 1.165) is 0 Å². The predicted molar refractivity (Wildman–Crippen MR) is 119 cm³/mol. The molecule has 0 aliphatic carbocycles. The molecule has 3 rings (SSSR count). The van der Waals surface area contributed by atoms with Crippen molar-refractivity contribution in [3.63, 3.8) is 0 Å². The van der Waals surface area contributed by atoms with Crippen LogP contribution in [0.3, 0.4) is 0 Å². The number of aliphatic hydroxyl groups excluding tert-OH is 3. The Morgan fingerprint density at radius 2 is 2.03 bits per heavy atom. The Balaban J connectivity index is 1.73. The van der Waals surface area contributed by atoms with Gasteiger partial charge in [-0.1, -0.05) is 0 Å². The number of rotatable bonds is 10. The highest BCUT2D eigenvalue weighted by Crippen LogP contribution is 2.24. The van der Waals surface area contributed by atoms with Gasteiger partial charge in [0, 0.05) is 19.0 Å². The monoisotopic (exact) mass is 504 g/mol. The SMILES string of the molecule is NCCC[C@H](N)CC(=O)N[C@@H]1[C@H](O)[C@@H](OC(N)=O)[C@@H](CO)O[C@H]1NC1N[C@@H]2[C@H](O)CNC(=O)[C@H]2N1. The molecular weight excluding hydrogens is 468 g/mol. The molecule has 3 amide bonds. The van der Waals surface area contributed by atoms with Gasteiger partial charge < -0.3 is 52.6 Å². The Kier molecular flexibility index (Phi) is 9.56. The quantitative estimate of drug-likeness (QED) is 0.132. The highest BCUT2D eigenvalue weighted by molar-refractivity contribution is 5.84. The van der Waals surface area contributed by atoms with Gasteiger partial charge in [0.15, 0.2) is 6.10 Å². The van der Waals surface area contributed by atoms with Crippen molar-refractivity contribution in [2.45, 2.75) is 80.4 Å². The summed E-state index contributed by atoms with van der Waals surface area (Å²) >= 11 is 0. The molecule has 0 aromatic rings. The van der Waals surface area contributed by atoms with Crippen LogP contribution in [-0.2, 0) is 19.1 Å². The average molecular weight is 505 g/mol. The molecular formula is C19H36N8O8. The van der Waals surface area contributed by atoms with Crippen molar-refractivity contribution in [1.29, 1.82) is 0 Å². The first kappa shape index (κ1) is 27.4. The van der Waals surface area contributed by atoms with E-state index in [1.807, 2.05) is 0 Å². The smallest absolute Gasteiger partial charge is 0.404 e. The summed E-state index contributed by atoms with van der Waals surface area (Å²) in [4.78, 5) is 36.2. The van der Waals surface area contributed by atoms with Crippen LogP contribution in [0.25, 0.3) is 0 Å². The fourth-order valence-electron chi connectivity index (χ4n) is 4.54. The molecule has 0 aromatic heterocycles. The van der Waals surface area contributed by atoms with Crippen LogP contribution >= 0.6 is 0 Å². The minimum atomic E-state index is -1.52. The van der Waals surface area contributed by atoms with Gasteiger partial charge in [0.25, 0.3) is 0 Å². The van der Waals surface area contributed by atoms with Crippen molar-refractivity contribution in [3.05, 3.63) is 0 Å². The number of amides is 3. The van der Waals surface area contributed by atoms with Crippen molar-refractivity contribution in [2.75, 3.05) is 19.7 Å². The van der Waals surface area contributed by atoms with Gasteiger partial charge in [0.05, 0.1) is 24.8 Å². The molecule has 0 saturated carbocycles. The van der Waals surface area contributed by atoms with Crippen LogP contribution < -0.4 is 43.8 Å². The molecule has 16 heteroatoms. The maximum Gasteiger partial charge on any atom is 0.404 e. The molecule has 10 atom stereocenters. The lowest BCUT2D eigenvalue weighted by Crippen LogP contribution is -2.71. The lowest BCUT2D eigenvalue weighted by atomic mass is 9.95. The summed E-state index contributed by atoms with van der Waals surface area (Å²) in [5.41, 5.74) is 16.5. The van der Waals surface area contributed by atoms with Crippen LogP contribution in [0.5, 0.6) is 0 Å². The third-order valence-electron chi connectivity index (χ3n) is 6.28. The van der Waals surface area contributed by atoms with E-state index in [9.17, 15) is 29.7 Å². The van der Waals surface area contributed by atoms with Crippen molar-refractivity contribution in [2.24, 2.45) is 17.2 Å². The summed E-state index contributed by atoms with van der Waals surface area (Å²) in [6.45, 7) is -0.112. The number of nitrogens with one attached hydrogen (secondary N) is 5. The predicted octanol–water partition coefficient (Wildman–Crippen LogP) is -6.24. The van der Waals surface area contributed by atoms with Gasteiger partial charge in [-0.2, -0.15) is 0 Å². The van der Waals surface area contributed by atoms with Crippen molar-refractivity contribution < 1.29 is 39.2 Å². The molecule has 0 radical (unpaired) electrons. The Morgan fingerprint density at radius 1 is 1.29 bits per heavy atom. The second-order valence-corrected chi connectivity index (χ2v) is 8.91. The summed E-state index contributed by atoms with van der Waals surface area (Å²) in [7, 11) is 0. The zero-order valence-corrected chi connectivity index (χ0v) is 19.1. The van der Waals surface area contributed by atoms with Gasteiger partial charge in [-0.15, -0.1) is 0 Å². The minimum absolute atomic E-state index is 0.0584. The Bertz CT molecular complexity index is 762. The van der Waals surface area contributed by atoms with Crippen molar-refractivity contribution in [1.82, 2.24) is 26.6 Å². The maximum atomic E-state index is 12.7. The number of hydrogen-bond donors (Lipinski definition) is 11.